The zero-order valence-corrected chi connectivity index (χ0v) is 11.1. The Morgan fingerprint density at radius 2 is 1.95 bits per heavy atom. The summed E-state index contributed by atoms with van der Waals surface area (Å²) in [4.78, 5) is 4.20. The fraction of sp³-hybridized carbons (Fsp3) is 0.133. The number of hydrogen-bond donors (Lipinski definition) is 0. The number of ether oxygens (including phenoxy) is 1. The van der Waals surface area contributed by atoms with Crippen LogP contribution in [0, 0.1) is 0 Å². The highest BCUT2D eigenvalue weighted by atomic mass is 19.4. The van der Waals surface area contributed by atoms with Gasteiger partial charge in [0, 0.05) is 5.56 Å². The summed E-state index contributed by atoms with van der Waals surface area (Å²) in [5.74, 6) is 1.05. The Kier molecular flexibility index (Phi) is 3.08. The number of rotatable bonds is 2. The van der Waals surface area contributed by atoms with Gasteiger partial charge in [-0.25, -0.2) is 4.98 Å². The van der Waals surface area contributed by atoms with Gasteiger partial charge in [0.2, 0.25) is 0 Å². The van der Waals surface area contributed by atoms with Gasteiger partial charge in [0.05, 0.1) is 30.6 Å². The molecule has 0 saturated carbocycles. The fourth-order valence-electron chi connectivity index (χ4n) is 2.14. The van der Waals surface area contributed by atoms with E-state index in [4.69, 9.17) is 4.74 Å². The maximum Gasteiger partial charge on any atom is 0.416 e. The van der Waals surface area contributed by atoms with Gasteiger partial charge in [0.25, 0.3) is 0 Å². The van der Waals surface area contributed by atoms with Crippen LogP contribution >= 0.6 is 0 Å². The van der Waals surface area contributed by atoms with Gasteiger partial charge in [-0.05, 0) is 24.3 Å². The molecule has 108 valence electrons. The van der Waals surface area contributed by atoms with E-state index >= 15 is 0 Å². The van der Waals surface area contributed by atoms with E-state index in [1.165, 1.54) is 13.2 Å². The molecule has 6 heteroatoms. The highest BCUT2D eigenvalue weighted by molar-refractivity contribution is 5.63. The molecule has 1 aromatic carbocycles. The Labute approximate surface area is 118 Å². The van der Waals surface area contributed by atoms with Crippen molar-refractivity contribution in [2.24, 2.45) is 0 Å². The van der Waals surface area contributed by atoms with E-state index in [2.05, 4.69) is 4.98 Å². The molecule has 0 spiro atoms. The zero-order valence-electron chi connectivity index (χ0n) is 11.1. The molecule has 0 unspecified atom stereocenters. The predicted octanol–water partition coefficient (Wildman–Crippen LogP) is 4.03. The molecule has 3 nitrogen and oxygen atoms in total. The zero-order chi connectivity index (χ0) is 15.0. The number of imidazole rings is 1. The first-order valence-electron chi connectivity index (χ1n) is 6.18. The number of pyridine rings is 1. The normalized spacial score (nSPS) is 11.8. The quantitative estimate of drug-likeness (QED) is 0.713. The predicted molar refractivity (Wildman–Crippen MR) is 72.2 cm³/mol. The molecular weight excluding hydrogens is 281 g/mol. The standard InChI is InChI=1S/C15H11F3N2O/c1-21-13-6-5-12-8-19-14(20(12)9-13)10-3-2-4-11(7-10)15(16,17)18/h2-9H,1H3. The number of benzene rings is 1. The maximum atomic E-state index is 12.8. The van der Waals surface area contributed by atoms with Crippen LogP contribution < -0.4 is 4.74 Å². The second kappa shape index (κ2) is 4.80. The van der Waals surface area contributed by atoms with Gasteiger partial charge in [-0.2, -0.15) is 13.2 Å². The lowest BCUT2D eigenvalue weighted by molar-refractivity contribution is -0.137. The molecule has 0 saturated heterocycles. The monoisotopic (exact) mass is 292 g/mol. The summed E-state index contributed by atoms with van der Waals surface area (Å²) in [6.07, 6.45) is -1.08. The van der Waals surface area contributed by atoms with Gasteiger partial charge >= 0.3 is 6.18 Å². The summed E-state index contributed by atoms with van der Waals surface area (Å²) in [5.41, 5.74) is 0.487. The third-order valence-electron chi connectivity index (χ3n) is 3.18. The van der Waals surface area contributed by atoms with Gasteiger partial charge in [-0.3, -0.25) is 4.40 Å². The van der Waals surface area contributed by atoms with Crippen molar-refractivity contribution in [3.8, 4) is 17.1 Å². The second-order valence-corrected chi connectivity index (χ2v) is 4.52. The van der Waals surface area contributed by atoms with Crippen molar-refractivity contribution in [1.82, 2.24) is 9.38 Å². The Morgan fingerprint density at radius 1 is 1.14 bits per heavy atom. The van der Waals surface area contributed by atoms with Gasteiger partial charge < -0.3 is 4.74 Å². The Morgan fingerprint density at radius 3 is 2.67 bits per heavy atom. The van der Waals surface area contributed by atoms with E-state index in [-0.39, 0.29) is 0 Å². The van der Waals surface area contributed by atoms with Crippen molar-refractivity contribution in [2.45, 2.75) is 6.18 Å². The third kappa shape index (κ3) is 2.44. The first-order chi connectivity index (χ1) is 9.99. The Balaban J connectivity index is 2.16. The second-order valence-electron chi connectivity index (χ2n) is 4.52. The minimum absolute atomic E-state index is 0.401. The van der Waals surface area contributed by atoms with Crippen LogP contribution in [-0.4, -0.2) is 16.5 Å². The van der Waals surface area contributed by atoms with Crippen LogP contribution in [0.1, 0.15) is 5.56 Å². The lowest BCUT2D eigenvalue weighted by atomic mass is 10.1. The minimum atomic E-state index is -4.37. The van der Waals surface area contributed by atoms with Crippen LogP contribution in [-0.2, 0) is 6.18 Å². The molecule has 3 aromatic rings. The van der Waals surface area contributed by atoms with Crippen molar-refractivity contribution in [3.05, 3.63) is 54.4 Å². The summed E-state index contributed by atoms with van der Waals surface area (Å²) in [6, 6.07) is 8.67. The molecule has 0 N–H and O–H groups in total. The summed E-state index contributed by atoms with van der Waals surface area (Å²) in [5, 5.41) is 0. The first-order valence-corrected chi connectivity index (χ1v) is 6.18. The lowest BCUT2D eigenvalue weighted by Gasteiger charge is -2.09. The molecule has 0 amide bonds. The fourth-order valence-corrected chi connectivity index (χ4v) is 2.14. The van der Waals surface area contributed by atoms with Gasteiger partial charge in [-0.15, -0.1) is 0 Å². The number of methoxy groups -OCH3 is 1. The SMILES string of the molecule is COc1ccc2cnc(-c3cccc(C(F)(F)F)c3)n2c1. The molecule has 0 aliphatic rings. The van der Waals surface area contributed by atoms with E-state index in [0.29, 0.717) is 17.1 Å². The van der Waals surface area contributed by atoms with E-state index in [1.54, 1.807) is 35.0 Å². The van der Waals surface area contributed by atoms with Gasteiger partial charge in [-0.1, -0.05) is 12.1 Å². The third-order valence-corrected chi connectivity index (χ3v) is 3.18. The van der Waals surface area contributed by atoms with Crippen LogP contribution in [0.15, 0.2) is 48.8 Å². The molecule has 2 heterocycles. The topological polar surface area (TPSA) is 26.5 Å². The van der Waals surface area contributed by atoms with E-state index in [9.17, 15) is 13.2 Å². The number of nitrogens with zero attached hydrogens (tertiary/aromatic N) is 2. The highest BCUT2D eigenvalue weighted by Gasteiger charge is 2.30. The lowest BCUT2D eigenvalue weighted by Crippen LogP contribution is -2.04. The number of alkyl halides is 3. The van der Waals surface area contributed by atoms with Gasteiger partial charge in [0.15, 0.2) is 0 Å². The van der Waals surface area contributed by atoms with Crippen LogP contribution in [0.2, 0.25) is 0 Å². The summed E-state index contributed by atoms with van der Waals surface area (Å²) in [6.45, 7) is 0. The largest absolute Gasteiger partial charge is 0.495 e. The number of halogens is 3. The molecule has 0 radical (unpaired) electrons. The molecule has 3 rings (SSSR count). The van der Waals surface area contributed by atoms with Crippen molar-refractivity contribution >= 4 is 5.52 Å². The van der Waals surface area contributed by atoms with Crippen LogP contribution in [0.5, 0.6) is 5.75 Å². The molecule has 0 atom stereocenters. The van der Waals surface area contributed by atoms with Crippen LogP contribution in [0.4, 0.5) is 13.2 Å². The smallest absolute Gasteiger partial charge is 0.416 e. The molecule has 2 aromatic heterocycles. The molecule has 0 fully saturated rings. The minimum Gasteiger partial charge on any atom is -0.495 e. The summed E-state index contributed by atoms with van der Waals surface area (Å²) in [7, 11) is 1.53. The van der Waals surface area contributed by atoms with Crippen LogP contribution in [0.3, 0.4) is 0 Å². The summed E-state index contributed by atoms with van der Waals surface area (Å²) < 4.78 is 45.2. The first kappa shape index (κ1) is 13.5. The van der Waals surface area contributed by atoms with Crippen molar-refractivity contribution < 1.29 is 17.9 Å². The average Bonchev–Trinajstić information content (AvgIpc) is 2.89. The van der Waals surface area contributed by atoms with Crippen molar-refractivity contribution in [1.29, 1.82) is 0 Å². The maximum absolute atomic E-state index is 12.8. The van der Waals surface area contributed by atoms with E-state index < -0.39 is 11.7 Å². The molecule has 0 aliphatic carbocycles. The highest BCUT2D eigenvalue weighted by Crippen LogP contribution is 2.32. The number of hydrogen-bond acceptors (Lipinski definition) is 2. The Hall–Kier alpha value is -2.50. The van der Waals surface area contributed by atoms with Crippen LogP contribution in [0.25, 0.3) is 16.9 Å². The van der Waals surface area contributed by atoms with Gasteiger partial charge in [0.1, 0.15) is 11.6 Å². The number of aromatic nitrogens is 2. The Bertz CT molecular complexity index is 793. The number of fused-ring (bicyclic) bond motifs is 1. The van der Waals surface area contributed by atoms with E-state index in [1.807, 2.05) is 0 Å². The molecular formula is C15H11F3N2O. The van der Waals surface area contributed by atoms with Crippen molar-refractivity contribution in [2.75, 3.05) is 7.11 Å². The van der Waals surface area contributed by atoms with Crippen molar-refractivity contribution in [3.63, 3.8) is 0 Å². The molecule has 21 heavy (non-hydrogen) atoms. The van der Waals surface area contributed by atoms with E-state index in [0.717, 1.165) is 17.6 Å². The summed E-state index contributed by atoms with van der Waals surface area (Å²) >= 11 is 0. The molecule has 0 aliphatic heterocycles. The average molecular weight is 292 g/mol. The molecule has 0 bridgehead atoms.